The number of hydrogen-bond donors (Lipinski definition) is 0. The third-order valence-electron chi connectivity index (χ3n) is 4.15. The summed E-state index contributed by atoms with van der Waals surface area (Å²) >= 11 is 5.97. The van der Waals surface area contributed by atoms with Gasteiger partial charge >= 0.3 is 0 Å². The number of halogens is 1. The molecule has 1 aliphatic heterocycles. The van der Waals surface area contributed by atoms with E-state index in [9.17, 15) is 0 Å². The van der Waals surface area contributed by atoms with Gasteiger partial charge in [0.25, 0.3) is 0 Å². The molecule has 0 saturated carbocycles. The lowest BCUT2D eigenvalue weighted by atomic mass is 10.1. The molecule has 0 bridgehead atoms. The van der Waals surface area contributed by atoms with E-state index in [1.165, 1.54) is 56.5 Å². The second-order valence-electron chi connectivity index (χ2n) is 5.21. The Bertz CT molecular complexity index is 399. The Morgan fingerprint density at radius 2 is 1.88 bits per heavy atom. The maximum absolute atomic E-state index is 5.97. The minimum Gasteiger partial charge on any atom is -0.300 e. The summed E-state index contributed by atoms with van der Waals surface area (Å²) in [6, 6.07) is 4.86. The number of pyridine rings is 1. The molecule has 3 rings (SSSR count). The predicted octanol–water partition coefficient (Wildman–Crippen LogP) is 3.08. The second-order valence-corrected chi connectivity index (χ2v) is 5.60. The molecule has 0 spiro atoms. The van der Waals surface area contributed by atoms with Gasteiger partial charge in [-0.05, 0) is 63.2 Å². The van der Waals surface area contributed by atoms with Crippen LogP contribution in [0.5, 0.6) is 0 Å². The van der Waals surface area contributed by atoms with Crippen LogP contribution in [0.15, 0.2) is 12.1 Å². The summed E-state index contributed by atoms with van der Waals surface area (Å²) in [5.74, 6) is 0. The van der Waals surface area contributed by atoms with Crippen molar-refractivity contribution in [2.24, 2.45) is 0 Å². The fourth-order valence-electron chi connectivity index (χ4n) is 3.19. The highest BCUT2D eigenvalue weighted by molar-refractivity contribution is 6.29. The number of fused-ring (bicyclic) bond motifs is 1. The van der Waals surface area contributed by atoms with Crippen LogP contribution in [0.3, 0.4) is 0 Å². The first-order chi connectivity index (χ1) is 8.33. The molecule has 1 aliphatic carbocycles. The minimum atomic E-state index is 0.642. The molecule has 1 aromatic heterocycles. The zero-order valence-electron chi connectivity index (χ0n) is 10.2. The Labute approximate surface area is 108 Å². The number of nitrogens with zero attached hydrogens (tertiary/aromatic N) is 2. The summed E-state index contributed by atoms with van der Waals surface area (Å²) < 4.78 is 0. The van der Waals surface area contributed by atoms with Crippen molar-refractivity contribution >= 4 is 11.6 Å². The lowest BCUT2D eigenvalue weighted by molar-refractivity contribution is 0.222. The summed E-state index contributed by atoms with van der Waals surface area (Å²) in [4.78, 5) is 7.16. The summed E-state index contributed by atoms with van der Waals surface area (Å²) in [5, 5.41) is 0.642. The average molecular weight is 251 g/mol. The molecule has 1 atom stereocenters. The fourth-order valence-corrected chi connectivity index (χ4v) is 3.35. The molecule has 0 radical (unpaired) electrons. The molecule has 2 aliphatic rings. The van der Waals surface area contributed by atoms with Crippen molar-refractivity contribution in [3.05, 3.63) is 28.5 Å². The zero-order chi connectivity index (χ0) is 11.7. The van der Waals surface area contributed by atoms with Gasteiger partial charge in [-0.1, -0.05) is 17.7 Å². The molecule has 0 N–H and O–H groups in total. The summed E-state index contributed by atoms with van der Waals surface area (Å²) in [6.07, 6.45) is 7.56. The van der Waals surface area contributed by atoms with Gasteiger partial charge in [0.05, 0.1) is 0 Å². The maximum atomic E-state index is 5.97. The van der Waals surface area contributed by atoms with Gasteiger partial charge in [-0.25, -0.2) is 4.98 Å². The van der Waals surface area contributed by atoms with Crippen molar-refractivity contribution in [1.29, 1.82) is 0 Å². The monoisotopic (exact) mass is 250 g/mol. The number of hydrogen-bond acceptors (Lipinski definition) is 2. The van der Waals surface area contributed by atoms with E-state index in [0.29, 0.717) is 5.15 Å². The van der Waals surface area contributed by atoms with Crippen LogP contribution in [-0.2, 0) is 12.8 Å². The van der Waals surface area contributed by atoms with Gasteiger partial charge in [0.2, 0.25) is 0 Å². The molecule has 0 aromatic carbocycles. The minimum absolute atomic E-state index is 0.642. The van der Waals surface area contributed by atoms with Gasteiger partial charge < -0.3 is 4.90 Å². The van der Waals surface area contributed by atoms with Crippen molar-refractivity contribution < 1.29 is 0 Å². The van der Waals surface area contributed by atoms with Gasteiger partial charge in [0.15, 0.2) is 0 Å². The Hall–Kier alpha value is -0.600. The van der Waals surface area contributed by atoms with Crippen LogP contribution in [0.1, 0.15) is 36.9 Å². The van der Waals surface area contributed by atoms with Gasteiger partial charge in [-0.15, -0.1) is 0 Å². The van der Waals surface area contributed by atoms with Crippen LogP contribution >= 0.6 is 11.6 Å². The van der Waals surface area contributed by atoms with Crippen molar-refractivity contribution in [2.45, 2.75) is 44.6 Å². The molecule has 1 unspecified atom stereocenters. The Kier molecular flexibility index (Phi) is 3.34. The molecular formula is C14H19ClN2. The summed E-state index contributed by atoms with van der Waals surface area (Å²) in [7, 11) is 0. The third-order valence-corrected chi connectivity index (χ3v) is 4.36. The van der Waals surface area contributed by atoms with E-state index < -0.39 is 0 Å². The van der Waals surface area contributed by atoms with Crippen LogP contribution in [0.4, 0.5) is 0 Å². The molecule has 17 heavy (non-hydrogen) atoms. The highest BCUT2D eigenvalue weighted by Crippen LogP contribution is 2.25. The number of rotatable bonds is 1. The molecular weight excluding hydrogens is 232 g/mol. The van der Waals surface area contributed by atoms with Crippen molar-refractivity contribution in [2.75, 3.05) is 13.1 Å². The largest absolute Gasteiger partial charge is 0.300 e. The average Bonchev–Trinajstić information content (AvgIpc) is 2.77. The molecule has 2 heterocycles. The van der Waals surface area contributed by atoms with Crippen LogP contribution in [0, 0.1) is 0 Å². The van der Waals surface area contributed by atoms with Crippen molar-refractivity contribution in [1.82, 2.24) is 9.88 Å². The molecule has 92 valence electrons. The van der Waals surface area contributed by atoms with E-state index >= 15 is 0 Å². The van der Waals surface area contributed by atoms with Crippen molar-refractivity contribution in [3.8, 4) is 0 Å². The van der Waals surface area contributed by atoms with Gasteiger partial charge in [0, 0.05) is 11.7 Å². The van der Waals surface area contributed by atoms with E-state index in [0.717, 1.165) is 12.5 Å². The maximum Gasteiger partial charge on any atom is 0.129 e. The molecule has 0 amide bonds. The van der Waals surface area contributed by atoms with E-state index in [4.69, 9.17) is 11.6 Å². The summed E-state index contributed by atoms with van der Waals surface area (Å²) in [5.41, 5.74) is 2.65. The first-order valence-electron chi connectivity index (χ1n) is 6.71. The topological polar surface area (TPSA) is 16.1 Å². The lowest BCUT2D eigenvalue weighted by Crippen LogP contribution is -2.32. The molecule has 2 nitrogen and oxygen atoms in total. The summed E-state index contributed by atoms with van der Waals surface area (Å²) in [6.45, 7) is 2.60. The van der Waals surface area contributed by atoms with Gasteiger partial charge in [0.1, 0.15) is 5.15 Å². The highest BCUT2D eigenvalue weighted by atomic mass is 35.5. The normalized spacial score (nSPS) is 25.6. The quantitative estimate of drug-likeness (QED) is 0.563. The van der Waals surface area contributed by atoms with E-state index in [-0.39, 0.29) is 0 Å². The standard InChI is InChI=1S/C14H19ClN2/c15-14-8-4-11-3-5-12(6-7-13(11)16-14)17-9-1-2-10-17/h4,8,12H,1-3,5-7,9-10H2. The smallest absolute Gasteiger partial charge is 0.129 e. The Morgan fingerprint density at radius 3 is 2.71 bits per heavy atom. The Balaban J connectivity index is 1.74. The number of aromatic nitrogens is 1. The predicted molar refractivity (Wildman–Crippen MR) is 70.5 cm³/mol. The zero-order valence-corrected chi connectivity index (χ0v) is 10.9. The molecule has 3 heteroatoms. The second kappa shape index (κ2) is 4.95. The first kappa shape index (κ1) is 11.5. The molecule has 1 fully saturated rings. The number of likely N-dealkylation sites (tertiary alicyclic amines) is 1. The van der Waals surface area contributed by atoms with Crippen LogP contribution in [0.2, 0.25) is 5.15 Å². The van der Waals surface area contributed by atoms with Crippen LogP contribution in [-0.4, -0.2) is 29.0 Å². The third kappa shape index (κ3) is 2.48. The fraction of sp³-hybridized carbons (Fsp3) is 0.643. The Morgan fingerprint density at radius 1 is 1.12 bits per heavy atom. The van der Waals surface area contributed by atoms with E-state index in [1.807, 2.05) is 6.07 Å². The van der Waals surface area contributed by atoms with Crippen molar-refractivity contribution in [3.63, 3.8) is 0 Å². The lowest BCUT2D eigenvalue weighted by Gasteiger charge is -2.25. The highest BCUT2D eigenvalue weighted by Gasteiger charge is 2.24. The van der Waals surface area contributed by atoms with E-state index in [2.05, 4.69) is 16.0 Å². The molecule has 1 saturated heterocycles. The first-order valence-corrected chi connectivity index (χ1v) is 7.09. The van der Waals surface area contributed by atoms with E-state index in [1.54, 1.807) is 0 Å². The van der Waals surface area contributed by atoms with Crippen LogP contribution in [0.25, 0.3) is 0 Å². The van der Waals surface area contributed by atoms with Crippen LogP contribution < -0.4 is 0 Å². The SMILES string of the molecule is Clc1ccc2c(n1)CCC(N1CCCC1)CC2. The van der Waals surface area contributed by atoms with Gasteiger partial charge in [-0.3, -0.25) is 0 Å². The van der Waals surface area contributed by atoms with Gasteiger partial charge in [-0.2, -0.15) is 0 Å². The number of aryl methyl sites for hydroxylation is 2. The molecule has 1 aromatic rings.